The Morgan fingerprint density at radius 1 is 1.41 bits per heavy atom. The van der Waals surface area contributed by atoms with E-state index in [0.717, 1.165) is 0 Å². The van der Waals surface area contributed by atoms with E-state index in [-0.39, 0.29) is 17.7 Å². The van der Waals surface area contributed by atoms with Gasteiger partial charge in [-0.3, -0.25) is 9.59 Å². The molecular formula is C13H14N6O2S. The second kappa shape index (κ2) is 5.34. The molecule has 2 aromatic rings. The number of nitrogens with zero attached hydrogens (tertiary/aromatic N) is 3. The fourth-order valence-corrected chi connectivity index (χ4v) is 2.95. The molecule has 3 rings (SSSR count). The van der Waals surface area contributed by atoms with Crippen molar-refractivity contribution in [3.05, 3.63) is 16.9 Å². The molecule has 0 fully saturated rings. The Labute approximate surface area is 130 Å². The van der Waals surface area contributed by atoms with E-state index in [9.17, 15) is 9.59 Å². The summed E-state index contributed by atoms with van der Waals surface area (Å²) in [5, 5.41) is 9.33. The maximum absolute atomic E-state index is 11.8. The van der Waals surface area contributed by atoms with E-state index in [1.807, 2.05) is 0 Å². The van der Waals surface area contributed by atoms with Crippen molar-refractivity contribution in [3.63, 3.8) is 0 Å². The number of Topliss-reactive ketones (excluding diaryl/α,β-unsaturated/α-hetero) is 1. The molecule has 8 nitrogen and oxygen atoms in total. The van der Waals surface area contributed by atoms with Crippen molar-refractivity contribution in [1.82, 2.24) is 15.0 Å². The molecule has 3 heterocycles. The third-order valence-electron chi connectivity index (χ3n) is 3.18. The zero-order chi connectivity index (χ0) is 15.9. The smallest absolute Gasteiger partial charge is 0.246 e. The minimum atomic E-state index is -0.360. The van der Waals surface area contributed by atoms with Gasteiger partial charge in [0.1, 0.15) is 18.1 Å². The Bertz CT molecular complexity index is 772. The Kier molecular flexibility index (Phi) is 3.49. The molecule has 0 saturated heterocycles. The van der Waals surface area contributed by atoms with Crippen LogP contribution in [0.5, 0.6) is 0 Å². The quantitative estimate of drug-likeness (QED) is 0.742. The number of fused-ring (bicyclic) bond motifs is 1. The van der Waals surface area contributed by atoms with Crippen LogP contribution in [-0.4, -0.2) is 32.7 Å². The van der Waals surface area contributed by atoms with Gasteiger partial charge in [0, 0.05) is 6.92 Å². The van der Waals surface area contributed by atoms with Crippen LogP contribution < -0.4 is 16.0 Å². The SMILES string of the molecule is CC(=O)c1sc(Nc2ncnc3c2NC(=O)C(C)N3)nc1C. The molecule has 1 aliphatic heterocycles. The molecule has 0 aromatic carbocycles. The minimum Gasteiger partial charge on any atom is -0.357 e. The number of carbonyl (C=O) groups excluding carboxylic acids is 2. The summed E-state index contributed by atoms with van der Waals surface area (Å²) in [5.41, 5.74) is 1.14. The largest absolute Gasteiger partial charge is 0.357 e. The number of amides is 1. The number of ketones is 1. The standard InChI is InChI=1S/C13H14N6O2S/c1-5-9(7(3)20)22-13(17-5)19-11-8-10(14-4-15-11)16-6(2)12(21)18-8/h4,6H,1-3H3,(H,18,21)(H2,14,15,16,17,19). The molecule has 1 amide bonds. The molecular weight excluding hydrogens is 304 g/mol. The highest BCUT2D eigenvalue weighted by Gasteiger charge is 2.25. The average molecular weight is 318 g/mol. The van der Waals surface area contributed by atoms with E-state index < -0.39 is 0 Å². The summed E-state index contributed by atoms with van der Waals surface area (Å²) in [6, 6.07) is -0.360. The van der Waals surface area contributed by atoms with E-state index >= 15 is 0 Å². The maximum atomic E-state index is 11.8. The first-order valence-electron chi connectivity index (χ1n) is 6.63. The van der Waals surface area contributed by atoms with Gasteiger partial charge in [-0.1, -0.05) is 11.3 Å². The third kappa shape index (κ3) is 2.50. The summed E-state index contributed by atoms with van der Waals surface area (Å²) in [5.74, 6) is 0.785. The van der Waals surface area contributed by atoms with Crippen LogP contribution in [0.15, 0.2) is 6.33 Å². The van der Waals surface area contributed by atoms with Crippen LogP contribution in [0, 0.1) is 6.92 Å². The van der Waals surface area contributed by atoms with E-state index in [0.29, 0.717) is 33.0 Å². The van der Waals surface area contributed by atoms with Gasteiger partial charge >= 0.3 is 0 Å². The number of aryl methyl sites for hydroxylation is 1. The fourth-order valence-electron chi connectivity index (χ4n) is 2.09. The number of anilines is 4. The fraction of sp³-hybridized carbons (Fsp3) is 0.308. The lowest BCUT2D eigenvalue weighted by Gasteiger charge is -2.24. The Morgan fingerprint density at radius 2 is 2.18 bits per heavy atom. The molecule has 0 aliphatic carbocycles. The van der Waals surface area contributed by atoms with Gasteiger partial charge < -0.3 is 16.0 Å². The molecule has 22 heavy (non-hydrogen) atoms. The summed E-state index contributed by atoms with van der Waals surface area (Å²) in [7, 11) is 0. The van der Waals surface area contributed by atoms with Gasteiger partial charge in [0.2, 0.25) is 5.91 Å². The lowest BCUT2D eigenvalue weighted by Crippen LogP contribution is -2.37. The van der Waals surface area contributed by atoms with E-state index in [4.69, 9.17) is 0 Å². The van der Waals surface area contributed by atoms with Crippen LogP contribution in [-0.2, 0) is 4.79 Å². The first kappa shape index (κ1) is 14.4. The molecule has 3 N–H and O–H groups in total. The Hall–Kier alpha value is -2.55. The second-order valence-corrected chi connectivity index (χ2v) is 5.91. The molecule has 1 atom stereocenters. The highest BCUT2D eigenvalue weighted by Crippen LogP contribution is 2.33. The molecule has 0 saturated carbocycles. The van der Waals surface area contributed by atoms with Gasteiger partial charge in [-0.15, -0.1) is 0 Å². The number of rotatable bonds is 3. The van der Waals surface area contributed by atoms with Crippen molar-refractivity contribution in [2.24, 2.45) is 0 Å². The van der Waals surface area contributed by atoms with Crippen molar-refractivity contribution < 1.29 is 9.59 Å². The molecule has 114 valence electrons. The molecule has 9 heteroatoms. The number of carbonyl (C=O) groups is 2. The van der Waals surface area contributed by atoms with Gasteiger partial charge in [-0.25, -0.2) is 15.0 Å². The minimum absolute atomic E-state index is 0.0310. The van der Waals surface area contributed by atoms with Gasteiger partial charge in [0.25, 0.3) is 0 Å². The molecule has 1 unspecified atom stereocenters. The lowest BCUT2D eigenvalue weighted by molar-refractivity contribution is -0.116. The molecule has 0 bridgehead atoms. The van der Waals surface area contributed by atoms with Crippen LogP contribution in [0.25, 0.3) is 0 Å². The molecule has 0 spiro atoms. The first-order chi connectivity index (χ1) is 10.5. The summed E-state index contributed by atoms with van der Waals surface area (Å²) in [6.45, 7) is 5.03. The molecule has 2 aromatic heterocycles. The van der Waals surface area contributed by atoms with Gasteiger partial charge in [-0.2, -0.15) is 0 Å². The predicted molar refractivity (Wildman–Crippen MR) is 83.9 cm³/mol. The predicted octanol–water partition coefficient (Wildman–Crippen LogP) is 1.94. The lowest BCUT2D eigenvalue weighted by atomic mass is 10.2. The number of thiazole rings is 1. The van der Waals surface area contributed by atoms with Gasteiger partial charge in [0.15, 0.2) is 22.6 Å². The first-order valence-corrected chi connectivity index (χ1v) is 7.45. The summed E-state index contributed by atoms with van der Waals surface area (Å²) < 4.78 is 0. The summed E-state index contributed by atoms with van der Waals surface area (Å²) in [6.07, 6.45) is 1.39. The maximum Gasteiger partial charge on any atom is 0.246 e. The van der Waals surface area contributed by atoms with E-state index in [2.05, 4.69) is 30.9 Å². The summed E-state index contributed by atoms with van der Waals surface area (Å²) in [4.78, 5) is 36.4. The van der Waals surface area contributed by atoms with Crippen LogP contribution in [0.1, 0.15) is 29.2 Å². The topological polar surface area (TPSA) is 109 Å². The number of nitrogens with one attached hydrogen (secondary N) is 3. The number of hydrogen-bond acceptors (Lipinski definition) is 8. The van der Waals surface area contributed by atoms with Gasteiger partial charge in [0.05, 0.1) is 10.6 Å². The Morgan fingerprint density at radius 3 is 2.86 bits per heavy atom. The van der Waals surface area contributed by atoms with Crippen LogP contribution in [0.4, 0.5) is 22.5 Å². The highest BCUT2D eigenvalue weighted by atomic mass is 32.1. The van der Waals surface area contributed by atoms with Crippen LogP contribution >= 0.6 is 11.3 Å². The molecule has 1 aliphatic rings. The summed E-state index contributed by atoms with van der Waals surface area (Å²) >= 11 is 1.25. The monoisotopic (exact) mass is 318 g/mol. The van der Waals surface area contributed by atoms with Crippen molar-refractivity contribution in [1.29, 1.82) is 0 Å². The van der Waals surface area contributed by atoms with Crippen molar-refractivity contribution in [2.75, 3.05) is 16.0 Å². The van der Waals surface area contributed by atoms with Crippen molar-refractivity contribution in [2.45, 2.75) is 26.8 Å². The van der Waals surface area contributed by atoms with Gasteiger partial charge in [-0.05, 0) is 13.8 Å². The zero-order valence-electron chi connectivity index (χ0n) is 12.2. The third-order valence-corrected chi connectivity index (χ3v) is 4.36. The Balaban J connectivity index is 1.94. The van der Waals surface area contributed by atoms with Crippen molar-refractivity contribution >= 4 is 45.5 Å². The van der Waals surface area contributed by atoms with Crippen molar-refractivity contribution in [3.8, 4) is 0 Å². The van der Waals surface area contributed by atoms with Crippen LogP contribution in [0.2, 0.25) is 0 Å². The number of hydrogen-bond donors (Lipinski definition) is 3. The average Bonchev–Trinajstić information content (AvgIpc) is 2.82. The normalized spacial score (nSPS) is 16.5. The number of aromatic nitrogens is 3. The highest BCUT2D eigenvalue weighted by molar-refractivity contribution is 7.17. The van der Waals surface area contributed by atoms with E-state index in [1.165, 1.54) is 24.6 Å². The second-order valence-electron chi connectivity index (χ2n) is 4.92. The molecule has 0 radical (unpaired) electrons. The zero-order valence-corrected chi connectivity index (χ0v) is 13.0. The van der Waals surface area contributed by atoms with Crippen LogP contribution in [0.3, 0.4) is 0 Å². The van der Waals surface area contributed by atoms with E-state index in [1.54, 1.807) is 13.8 Å².